The minimum atomic E-state index is -0.826. The molecule has 0 radical (unpaired) electrons. The molecule has 0 aromatic carbocycles. The standard InChI is InChI=1S/C65H106O6/c1-4-7-10-13-16-19-22-25-28-31-32-35-37-40-43-46-49-52-55-58-64(67)70-61-62(71-65(68)59-56-53-50-47-44-41-38-34-30-27-24-21-18-15-12-9-6-3)60-69-63(66)57-54-51-48-45-42-39-36-33-29-26-23-20-17-14-11-8-5-2/h7,10,16,18-19,21,25-30,32,35,38,40-41,43,47,50,62H,4-6,8-9,11-15,17,20,22-24,31,33-34,36-37,39,42,44-46,48-49,51-61H2,1-3H3/b10-7-,19-16-,21-18-,28-25-,29-26-,30-27-,35-32-,41-38-,43-40-,50-47-/t62-/m0/s1. The SMILES string of the molecule is CC/C=C\C/C=C\C/C=C\C/C=C\C/C=C\CCCCCC(=O)OC[C@H](COC(=O)CCCCCCCCC/C=C\CCCCCCCC)OC(=O)CCC/C=C\C/C=C\C/C=C\C/C=C\CCCCC. The summed E-state index contributed by atoms with van der Waals surface area (Å²) in [5.41, 5.74) is 0. The first-order valence-corrected chi connectivity index (χ1v) is 29.0. The van der Waals surface area contributed by atoms with Gasteiger partial charge in [0.15, 0.2) is 6.10 Å². The zero-order valence-corrected chi connectivity index (χ0v) is 45.9. The fourth-order valence-electron chi connectivity index (χ4n) is 7.57. The van der Waals surface area contributed by atoms with E-state index in [9.17, 15) is 14.4 Å². The number of ether oxygens (including phenoxy) is 3. The van der Waals surface area contributed by atoms with Crippen molar-refractivity contribution >= 4 is 17.9 Å². The van der Waals surface area contributed by atoms with Crippen LogP contribution in [0.5, 0.6) is 0 Å². The fourth-order valence-corrected chi connectivity index (χ4v) is 7.57. The first-order chi connectivity index (χ1) is 35.0. The molecule has 0 aromatic heterocycles. The van der Waals surface area contributed by atoms with E-state index in [1.807, 2.05) is 0 Å². The second kappa shape index (κ2) is 58.4. The van der Waals surface area contributed by atoms with E-state index >= 15 is 0 Å². The minimum Gasteiger partial charge on any atom is -0.462 e. The molecule has 6 heteroatoms. The van der Waals surface area contributed by atoms with Crippen LogP contribution >= 0.6 is 0 Å². The molecule has 6 nitrogen and oxygen atoms in total. The highest BCUT2D eigenvalue weighted by molar-refractivity contribution is 5.71. The van der Waals surface area contributed by atoms with Gasteiger partial charge in [-0.2, -0.15) is 0 Å². The Balaban J connectivity index is 4.55. The molecule has 0 aliphatic heterocycles. The number of allylic oxidation sites excluding steroid dienone is 20. The number of carbonyl (C=O) groups excluding carboxylic acids is 3. The van der Waals surface area contributed by atoms with Crippen LogP contribution in [0, 0.1) is 0 Å². The molecule has 0 aliphatic carbocycles. The Kier molecular flexibility index (Phi) is 54.9. The second-order valence-electron chi connectivity index (χ2n) is 18.8. The fraction of sp³-hybridized carbons (Fsp3) is 0.646. The minimum absolute atomic E-state index is 0.115. The summed E-state index contributed by atoms with van der Waals surface area (Å²) < 4.78 is 16.8. The molecule has 0 fully saturated rings. The van der Waals surface area contributed by atoms with Gasteiger partial charge in [-0.3, -0.25) is 14.4 Å². The molecule has 0 aromatic rings. The van der Waals surface area contributed by atoms with Crippen LogP contribution in [0.4, 0.5) is 0 Å². The van der Waals surface area contributed by atoms with Crippen LogP contribution in [-0.2, 0) is 28.6 Å². The summed E-state index contributed by atoms with van der Waals surface area (Å²) in [6.07, 6.45) is 80.5. The van der Waals surface area contributed by atoms with Crippen LogP contribution in [-0.4, -0.2) is 37.2 Å². The maximum absolute atomic E-state index is 12.8. The van der Waals surface area contributed by atoms with Gasteiger partial charge in [-0.25, -0.2) is 0 Å². The van der Waals surface area contributed by atoms with Crippen LogP contribution in [0.25, 0.3) is 0 Å². The summed E-state index contributed by atoms with van der Waals surface area (Å²) in [4.78, 5) is 38.2. The van der Waals surface area contributed by atoms with Crippen molar-refractivity contribution in [3.05, 3.63) is 122 Å². The molecule has 0 saturated heterocycles. The summed E-state index contributed by atoms with van der Waals surface area (Å²) >= 11 is 0. The lowest BCUT2D eigenvalue weighted by molar-refractivity contribution is -0.167. The highest BCUT2D eigenvalue weighted by Gasteiger charge is 2.19. The molecule has 0 amide bonds. The Morgan fingerprint density at radius 1 is 0.296 bits per heavy atom. The molecule has 1 atom stereocenters. The molecule has 71 heavy (non-hydrogen) atoms. The van der Waals surface area contributed by atoms with Crippen molar-refractivity contribution in [2.75, 3.05) is 13.2 Å². The Morgan fingerprint density at radius 3 is 0.958 bits per heavy atom. The number of carbonyl (C=O) groups is 3. The van der Waals surface area contributed by atoms with Crippen LogP contribution < -0.4 is 0 Å². The van der Waals surface area contributed by atoms with E-state index in [4.69, 9.17) is 14.2 Å². The second-order valence-corrected chi connectivity index (χ2v) is 18.8. The van der Waals surface area contributed by atoms with Crippen LogP contribution in [0.15, 0.2) is 122 Å². The third kappa shape index (κ3) is 56.6. The van der Waals surface area contributed by atoms with E-state index in [0.29, 0.717) is 19.3 Å². The molecule has 0 heterocycles. The quantitative estimate of drug-likeness (QED) is 0.0261. The smallest absolute Gasteiger partial charge is 0.306 e. The summed E-state index contributed by atoms with van der Waals surface area (Å²) in [5.74, 6) is -1.01. The van der Waals surface area contributed by atoms with Crippen molar-refractivity contribution in [1.82, 2.24) is 0 Å². The van der Waals surface area contributed by atoms with Crippen molar-refractivity contribution in [2.45, 2.75) is 258 Å². The van der Waals surface area contributed by atoms with E-state index in [1.54, 1.807) is 0 Å². The van der Waals surface area contributed by atoms with Gasteiger partial charge < -0.3 is 14.2 Å². The van der Waals surface area contributed by atoms with Gasteiger partial charge in [0.1, 0.15) is 13.2 Å². The largest absolute Gasteiger partial charge is 0.462 e. The summed E-state index contributed by atoms with van der Waals surface area (Å²) in [6, 6.07) is 0. The van der Waals surface area contributed by atoms with Crippen LogP contribution in [0.3, 0.4) is 0 Å². The summed E-state index contributed by atoms with van der Waals surface area (Å²) in [6.45, 7) is 6.42. The van der Waals surface area contributed by atoms with Crippen molar-refractivity contribution in [1.29, 1.82) is 0 Å². The zero-order chi connectivity index (χ0) is 51.4. The predicted molar refractivity (Wildman–Crippen MR) is 306 cm³/mol. The van der Waals surface area contributed by atoms with E-state index in [0.717, 1.165) is 103 Å². The molecule has 0 bridgehead atoms. The van der Waals surface area contributed by atoms with Crippen molar-refractivity contribution in [3.8, 4) is 0 Å². The van der Waals surface area contributed by atoms with Gasteiger partial charge in [-0.1, -0.05) is 226 Å². The first kappa shape index (κ1) is 66.8. The zero-order valence-electron chi connectivity index (χ0n) is 45.9. The van der Waals surface area contributed by atoms with Gasteiger partial charge in [-0.05, 0) is 128 Å². The van der Waals surface area contributed by atoms with E-state index in [1.165, 1.54) is 103 Å². The lowest BCUT2D eigenvalue weighted by Gasteiger charge is -2.18. The molecular formula is C65H106O6. The van der Waals surface area contributed by atoms with Crippen LogP contribution in [0.2, 0.25) is 0 Å². The van der Waals surface area contributed by atoms with Crippen LogP contribution in [0.1, 0.15) is 252 Å². The Hall–Kier alpha value is -4.19. The average Bonchev–Trinajstić information content (AvgIpc) is 3.37. The van der Waals surface area contributed by atoms with Gasteiger partial charge in [0.05, 0.1) is 0 Å². The topological polar surface area (TPSA) is 78.9 Å². The molecule has 0 aliphatic rings. The number of rotatable bonds is 51. The molecular weight excluding hydrogens is 877 g/mol. The molecule has 0 spiro atoms. The number of hydrogen-bond acceptors (Lipinski definition) is 6. The third-order valence-electron chi connectivity index (χ3n) is 11.9. The van der Waals surface area contributed by atoms with Gasteiger partial charge in [0.2, 0.25) is 0 Å². The van der Waals surface area contributed by atoms with Gasteiger partial charge in [-0.15, -0.1) is 0 Å². The Morgan fingerprint density at radius 2 is 0.563 bits per heavy atom. The van der Waals surface area contributed by atoms with E-state index < -0.39 is 6.10 Å². The molecule has 0 rings (SSSR count). The highest BCUT2D eigenvalue weighted by Crippen LogP contribution is 2.13. The highest BCUT2D eigenvalue weighted by atomic mass is 16.6. The van der Waals surface area contributed by atoms with E-state index in [-0.39, 0.29) is 37.5 Å². The van der Waals surface area contributed by atoms with Crippen molar-refractivity contribution in [3.63, 3.8) is 0 Å². The maximum atomic E-state index is 12.8. The normalized spacial score (nSPS) is 13.0. The third-order valence-corrected chi connectivity index (χ3v) is 11.9. The number of esters is 3. The van der Waals surface area contributed by atoms with Gasteiger partial charge in [0, 0.05) is 19.3 Å². The number of unbranched alkanes of at least 4 members (excludes halogenated alkanes) is 20. The maximum Gasteiger partial charge on any atom is 0.306 e. The Labute approximate surface area is 437 Å². The van der Waals surface area contributed by atoms with Gasteiger partial charge >= 0.3 is 17.9 Å². The molecule has 0 N–H and O–H groups in total. The predicted octanol–water partition coefficient (Wildman–Crippen LogP) is 19.6. The average molecular weight is 984 g/mol. The van der Waals surface area contributed by atoms with E-state index in [2.05, 4.69) is 142 Å². The summed E-state index contributed by atoms with van der Waals surface area (Å²) in [7, 11) is 0. The number of hydrogen-bond donors (Lipinski definition) is 0. The first-order valence-electron chi connectivity index (χ1n) is 29.0. The molecule has 0 saturated carbocycles. The molecule has 0 unspecified atom stereocenters. The van der Waals surface area contributed by atoms with Crippen molar-refractivity contribution in [2.24, 2.45) is 0 Å². The van der Waals surface area contributed by atoms with Crippen molar-refractivity contribution < 1.29 is 28.6 Å². The Bertz CT molecular complexity index is 1500. The van der Waals surface area contributed by atoms with Gasteiger partial charge in [0.25, 0.3) is 0 Å². The molecule has 402 valence electrons. The lowest BCUT2D eigenvalue weighted by atomic mass is 10.1. The monoisotopic (exact) mass is 983 g/mol. The summed E-state index contributed by atoms with van der Waals surface area (Å²) in [5, 5.41) is 0. The lowest BCUT2D eigenvalue weighted by Crippen LogP contribution is -2.30.